The Morgan fingerprint density at radius 1 is 1.24 bits per heavy atom. The van der Waals surface area contributed by atoms with Gasteiger partial charge in [0.25, 0.3) is 0 Å². The van der Waals surface area contributed by atoms with Crippen molar-refractivity contribution >= 4 is 29.4 Å². The Hall–Kier alpha value is -2.00. The van der Waals surface area contributed by atoms with Crippen molar-refractivity contribution in [1.29, 1.82) is 0 Å². The lowest BCUT2D eigenvalue weighted by Gasteiger charge is -2.18. The third-order valence-corrected chi connectivity index (χ3v) is 4.89. The largest absolute Gasteiger partial charge is 0.359 e. The number of thioether (sulfide) groups is 1. The number of aliphatic imine (C=N–C) groups is 1. The van der Waals surface area contributed by atoms with E-state index in [0.29, 0.717) is 0 Å². The number of allylic oxidation sites excluding steroid dienone is 3. The molecule has 0 fully saturated rings. The molecule has 0 aromatic heterocycles. The van der Waals surface area contributed by atoms with E-state index in [2.05, 4.69) is 81.7 Å². The van der Waals surface area contributed by atoms with E-state index in [1.54, 1.807) is 11.8 Å². The summed E-state index contributed by atoms with van der Waals surface area (Å²) in [4.78, 5) is 5.43. The molecule has 0 aliphatic heterocycles. The van der Waals surface area contributed by atoms with E-state index in [1.165, 1.54) is 5.57 Å². The van der Waals surface area contributed by atoms with Gasteiger partial charge in [-0.15, -0.1) is 0 Å². The summed E-state index contributed by atoms with van der Waals surface area (Å²) in [6.07, 6.45) is 2.70. The molecule has 0 atom stereocenters. The Bertz CT molecular complexity index is 732. The second-order valence-corrected chi connectivity index (χ2v) is 7.17. The second kappa shape index (κ2) is 10.1. The van der Waals surface area contributed by atoms with Crippen LogP contribution in [0.2, 0.25) is 0 Å². The Morgan fingerprint density at radius 2 is 1.92 bits per heavy atom. The highest BCUT2D eigenvalue weighted by atomic mass is 32.2. The van der Waals surface area contributed by atoms with Gasteiger partial charge in [-0.2, -0.15) is 0 Å². The van der Waals surface area contributed by atoms with Gasteiger partial charge in [0.05, 0.1) is 5.69 Å². The van der Waals surface area contributed by atoms with Crippen molar-refractivity contribution in [2.24, 2.45) is 4.99 Å². The van der Waals surface area contributed by atoms with Crippen LogP contribution in [0.15, 0.2) is 63.5 Å². The van der Waals surface area contributed by atoms with E-state index in [-0.39, 0.29) is 0 Å². The van der Waals surface area contributed by atoms with Crippen LogP contribution in [0.5, 0.6) is 0 Å². The maximum atomic E-state index is 4.40. The lowest BCUT2D eigenvalue weighted by molar-refractivity contribution is 0.961. The van der Waals surface area contributed by atoms with Gasteiger partial charge in [-0.25, -0.2) is 0 Å². The van der Waals surface area contributed by atoms with Gasteiger partial charge < -0.3 is 5.32 Å². The third-order valence-electron chi connectivity index (χ3n) is 3.71. The van der Waals surface area contributed by atoms with Crippen LogP contribution in [-0.2, 0) is 0 Å². The fraction of sp³-hybridized carbons (Fsp3) is 0.318. The van der Waals surface area contributed by atoms with Crippen molar-refractivity contribution in [2.75, 3.05) is 0 Å². The van der Waals surface area contributed by atoms with Crippen LogP contribution in [0.25, 0.3) is 5.70 Å². The highest BCUT2D eigenvalue weighted by molar-refractivity contribution is 8.06. The molecule has 1 N–H and O–H groups in total. The van der Waals surface area contributed by atoms with Gasteiger partial charge in [0.1, 0.15) is 0 Å². The number of hydrogen-bond acceptors (Lipinski definition) is 3. The topological polar surface area (TPSA) is 24.4 Å². The Morgan fingerprint density at radius 3 is 2.44 bits per heavy atom. The minimum absolute atomic E-state index is 0.877. The van der Waals surface area contributed by atoms with Gasteiger partial charge in [0.2, 0.25) is 0 Å². The molecule has 0 aliphatic carbocycles. The summed E-state index contributed by atoms with van der Waals surface area (Å²) >= 11 is 1.66. The molecule has 134 valence electrons. The first-order chi connectivity index (χ1) is 11.8. The fourth-order valence-electron chi connectivity index (χ4n) is 2.16. The maximum absolute atomic E-state index is 4.40. The molecule has 0 bridgehead atoms. The second-order valence-electron chi connectivity index (χ2n) is 6.21. The molecular formula is C22H30N2S. The van der Waals surface area contributed by atoms with Crippen molar-refractivity contribution in [2.45, 2.75) is 48.0 Å². The molecule has 1 rings (SSSR count). The first-order valence-corrected chi connectivity index (χ1v) is 9.42. The summed E-state index contributed by atoms with van der Waals surface area (Å²) in [5.41, 5.74) is 7.71. The molecule has 3 heteroatoms. The molecule has 0 spiro atoms. The molecule has 1 aromatic rings. The molecule has 2 nitrogen and oxygen atoms in total. The van der Waals surface area contributed by atoms with Crippen molar-refractivity contribution < 1.29 is 0 Å². The van der Waals surface area contributed by atoms with Crippen LogP contribution in [-0.4, -0.2) is 6.21 Å². The molecule has 0 aliphatic rings. The minimum atomic E-state index is 0.877. The van der Waals surface area contributed by atoms with E-state index in [9.17, 15) is 0 Å². The Labute approximate surface area is 157 Å². The predicted octanol–water partition coefficient (Wildman–Crippen LogP) is 7.13. The summed E-state index contributed by atoms with van der Waals surface area (Å²) in [5, 5.41) is 5.61. The molecular weight excluding hydrogens is 324 g/mol. The molecule has 0 radical (unpaired) electrons. The number of aryl methyl sites for hydroxylation is 1. The fourth-order valence-corrected chi connectivity index (χ4v) is 2.82. The lowest BCUT2D eigenvalue weighted by atomic mass is 10.0. The van der Waals surface area contributed by atoms with Crippen molar-refractivity contribution in [3.05, 3.63) is 69.6 Å². The van der Waals surface area contributed by atoms with E-state index >= 15 is 0 Å². The van der Waals surface area contributed by atoms with Crippen LogP contribution >= 0.6 is 11.8 Å². The quantitative estimate of drug-likeness (QED) is 0.396. The molecule has 25 heavy (non-hydrogen) atoms. The molecule has 0 saturated carbocycles. The summed E-state index contributed by atoms with van der Waals surface area (Å²) in [6.45, 7) is 20.7. The number of benzene rings is 1. The van der Waals surface area contributed by atoms with Gasteiger partial charge in [-0.3, -0.25) is 4.99 Å². The standard InChI is InChI=1S/C22H30N2S/c1-9-17(6)24-22(18(7)19(8)25-14-15(3)4)20-11-12-21(23-10-2)16(5)13-20/h10-14,24H,6,8-9H2,1-5,7H3/b22-18+,23-10?. The van der Waals surface area contributed by atoms with Crippen molar-refractivity contribution in [1.82, 2.24) is 5.32 Å². The van der Waals surface area contributed by atoms with Gasteiger partial charge in [-0.05, 0) is 75.3 Å². The van der Waals surface area contributed by atoms with Crippen LogP contribution in [0.3, 0.4) is 0 Å². The Kier molecular flexibility index (Phi) is 8.50. The van der Waals surface area contributed by atoms with Crippen molar-refractivity contribution in [3.63, 3.8) is 0 Å². The average Bonchev–Trinajstić information content (AvgIpc) is 2.58. The van der Waals surface area contributed by atoms with Gasteiger partial charge in [0, 0.05) is 22.5 Å². The van der Waals surface area contributed by atoms with Gasteiger partial charge in [0.15, 0.2) is 0 Å². The molecule has 0 amide bonds. The highest BCUT2D eigenvalue weighted by Crippen LogP contribution is 2.31. The Balaban J connectivity index is 3.35. The van der Waals surface area contributed by atoms with Crippen LogP contribution in [0.1, 0.15) is 52.2 Å². The third kappa shape index (κ3) is 6.43. The van der Waals surface area contributed by atoms with Crippen LogP contribution < -0.4 is 5.32 Å². The smallest absolute Gasteiger partial charge is 0.0655 e. The van der Waals surface area contributed by atoms with Crippen LogP contribution in [0, 0.1) is 6.92 Å². The number of hydrogen-bond donors (Lipinski definition) is 1. The van der Waals surface area contributed by atoms with E-state index in [1.807, 2.05) is 13.1 Å². The zero-order valence-corrected chi connectivity index (χ0v) is 17.2. The maximum Gasteiger partial charge on any atom is 0.0655 e. The van der Waals surface area contributed by atoms with Crippen molar-refractivity contribution in [3.8, 4) is 0 Å². The summed E-state index contributed by atoms with van der Waals surface area (Å²) in [7, 11) is 0. The predicted molar refractivity (Wildman–Crippen MR) is 116 cm³/mol. The molecule has 1 aromatic carbocycles. The first-order valence-electron chi connectivity index (χ1n) is 8.54. The zero-order valence-electron chi connectivity index (χ0n) is 16.4. The van der Waals surface area contributed by atoms with E-state index in [4.69, 9.17) is 0 Å². The average molecular weight is 355 g/mol. The van der Waals surface area contributed by atoms with Gasteiger partial charge >= 0.3 is 0 Å². The number of rotatable bonds is 8. The minimum Gasteiger partial charge on any atom is -0.359 e. The van der Waals surface area contributed by atoms with Gasteiger partial charge in [-0.1, -0.05) is 43.5 Å². The van der Waals surface area contributed by atoms with E-state index < -0.39 is 0 Å². The van der Waals surface area contributed by atoms with Crippen LogP contribution in [0.4, 0.5) is 5.69 Å². The summed E-state index contributed by atoms with van der Waals surface area (Å²) in [6, 6.07) is 6.32. The molecule has 0 saturated heterocycles. The lowest BCUT2D eigenvalue weighted by Crippen LogP contribution is -2.12. The number of nitrogens with one attached hydrogen (secondary N) is 1. The van der Waals surface area contributed by atoms with E-state index in [0.717, 1.165) is 45.1 Å². The normalized spacial score (nSPS) is 11.9. The molecule has 0 unspecified atom stereocenters. The highest BCUT2D eigenvalue weighted by Gasteiger charge is 2.11. The SMILES string of the molecule is C=C(CC)N/C(=C(\C)C(=C)SC=C(C)C)c1ccc(N=CC)c(C)c1. The summed E-state index contributed by atoms with van der Waals surface area (Å²) < 4.78 is 0. The monoisotopic (exact) mass is 354 g/mol. The summed E-state index contributed by atoms with van der Waals surface area (Å²) in [5.74, 6) is 0. The molecule has 0 heterocycles. The number of nitrogens with zero attached hydrogens (tertiary/aromatic N) is 1. The first kappa shape index (κ1) is 21.0. The zero-order chi connectivity index (χ0) is 19.0.